The van der Waals surface area contributed by atoms with Crippen molar-refractivity contribution >= 4 is 5.91 Å². The second kappa shape index (κ2) is 7.06. The molecule has 17 heavy (non-hydrogen) atoms. The summed E-state index contributed by atoms with van der Waals surface area (Å²) in [6, 6.07) is 0. The average Bonchev–Trinajstić information content (AvgIpc) is 2.72. The Kier molecular flexibility index (Phi) is 5.69. The number of nitrogens with zero attached hydrogens (tertiary/aromatic N) is 2. The Balaban J connectivity index is 2.17. The number of H-pyrrole nitrogens is 1. The van der Waals surface area contributed by atoms with Crippen molar-refractivity contribution in [2.75, 3.05) is 19.6 Å². The molecular weight excluding hydrogens is 216 g/mol. The normalized spacial score (nSPS) is 10.5. The Hall–Kier alpha value is -1.36. The van der Waals surface area contributed by atoms with E-state index in [2.05, 4.69) is 15.3 Å². The van der Waals surface area contributed by atoms with Gasteiger partial charge >= 0.3 is 0 Å². The van der Waals surface area contributed by atoms with Gasteiger partial charge in [-0.15, -0.1) is 0 Å². The van der Waals surface area contributed by atoms with E-state index in [-0.39, 0.29) is 5.91 Å². The van der Waals surface area contributed by atoms with E-state index < -0.39 is 0 Å². The minimum Gasteiger partial charge on any atom is -0.345 e. The molecule has 0 aliphatic heterocycles. The molecule has 0 aliphatic rings. The van der Waals surface area contributed by atoms with Crippen molar-refractivity contribution in [1.82, 2.24) is 20.2 Å². The van der Waals surface area contributed by atoms with Crippen LogP contribution in [0.15, 0.2) is 6.20 Å². The van der Waals surface area contributed by atoms with Gasteiger partial charge in [-0.05, 0) is 20.8 Å². The standard InChI is InChI=1S/C12H22N4O/c1-4-16(5-2)12(17)6-7-13-8-11-9-14-10(3)15-11/h9,13H,4-8H2,1-3H3,(H,14,15). The lowest BCUT2D eigenvalue weighted by atomic mass is 10.3. The quantitative estimate of drug-likeness (QED) is 0.698. The highest BCUT2D eigenvalue weighted by atomic mass is 16.2. The highest BCUT2D eigenvalue weighted by molar-refractivity contribution is 5.76. The van der Waals surface area contributed by atoms with Crippen LogP contribution in [0.25, 0.3) is 0 Å². The van der Waals surface area contributed by atoms with Crippen molar-refractivity contribution in [3.63, 3.8) is 0 Å². The summed E-state index contributed by atoms with van der Waals surface area (Å²) in [4.78, 5) is 20.8. The lowest BCUT2D eigenvalue weighted by Gasteiger charge is -2.18. The van der Waals surface area contributed by atoms with E-state index in [1.165, 1.54) is 0 Å². The average molecular weight is 238 g/mol. The zero-order chi connectivity index (χ0) is 12.7. The number of aryl methyl sites for hydroxylation is 1. The first kappa shape index (κ1) is 13.7. The number of carbonyl (C=O) groups excluding carboxylic acids is 1. The number of aromatic nitrogens is 2. The van der Waals surface area contributed by atoms with Crippen molar-refractivity contribution in [1.29, 1.82) is 0 Å². The maximum Gasteiger partial charge on any atom is 0.223 e. The summed E-state index contributed by atoms with van der Waals surface area (Å²) >= 11 is 0. The molecule has 5 nitrogen and oxygen atoms in total. The number of hydrogen-bond donors (Lipinski definition) is 2. The maximum absolute atomic E-state index is 11.7. The van der Waals surface area contributed by atoms with Crippen LogP contribution in [0.4, 0.5) is 0 Å². The first-order valence-corrected chi connectivity index (χ1v) is 6.16. The van der Waals surface area contributed by atoms with Crippen LogP contribution in [0.5, 0.6) is 0 Å². The number of amides is 1. The summed E-state index contributed by atoms with van der Waals surface area (Å²) in [6.45, 7) is 8.93. The molecule has 0 bridgehead atoms. The van der Waals surface area contributed by atoms with Gasteiger partial charge in [0.05, 0.1) is 0 Å². The molecule has 0 atom stereocenters. The summed E-state index contributed by atoms with van der Waals surface area (Å²) in [7, 11) is 0. The monoisotopic (exact) mass is 238 g/mol. The molecule has 1 aromatic rings. The molecule has 0 aromatic carbocycles. The van der Waals surface area contributed by atoms with E-state index >= 15 is 0 Å². The van der Waals surface area contributed by atoms with Crippen LogP contribution in [-0.2, 0) is 11.3 Å². The molecule has 0 radical (unpaired) electrons. The molecule has 0 saturated carbocycles. The van der Waals surface area contributed by atoms with Crippen LogP contribution in [0, 0.1) is 6.92 Å². The second-order valence-electron chi connectivity index (χ2n) is 3.99. The minimum absolute atomic E-state index is 0.211. The van der Waals surface area contributed by atoms with Crippen molar-refractivity contribution < 1.29 is 4.79 Å². The second-order valence-corrected chi connectivity index (χ2v) is 3.99. The topological polar surface area (TPSA) is 61.0 Å². The van der Waals surface area contributed by atoms with Gasteiger partial charge in [0.25, 0.3) is 0 Å². The van der Waals surface area contributed by atoms with Crippen LogP contribution in [0.3, 0.4) is 0 Å². The fourth-order valence-electron chi connectivity index (χ4n) is 1.71. The first-order valence-electron chi connectivity index (χ1n) is 6.16. The molecule has 0 aliphatic carbocycles. The van der Waals surface area contributed by atoms with Gasteiger partial charge in [-0.3, -0.25) is 4.79 Å². The lowest BCUT2D eigenvalue weighted by Crippen LogP contribution is -2.32. The summed E-state index contributed by atoms with van der Waals surface area (Å²) in [5.74, 6) is 1.13. The largest absolute Gasteiger partial charge is 0.345 e. The molecule has 0 spiro atoms. The van der Waals surface area contributed by atoms with Gasteiger partial charge in [-0.25, -0.2) is 4.98 Å². The summed E-state index contributed by atoms with van der Waals surface area (Å²) < 4.78 is 0. The summed E-state index contributed by atoms with van der Waals surface area (Å²) in [6.07, 6.45) is 2.36. The Morgan fingerprint density at radius 3 is 2.71 bits per heavy atom. The molecule has 5 heteroatoms. The fraction of sp³-hybridized carbons (Fsp3) is 0.667. The van der Waals surface area contributed by atoms with Crippen molar-refractivity contribution in [3.8, 4) is 0 Å². The highest BCUT2D eigenvalue weighted by Gasteiger charge is 2.08. The van der Waals surface area contributed by atoms with Crippen LogP contribution in [0.2, 0.25) is 0 Å². The van der Waals surface area contributed by atoms with E-state index in [1.54, 1.807) is 0 Å². The van der Waals surface area contributed by atoms with E-state index in [1.807, 2.05) is 31.9 Å². The van der Waals surface area contributed by atoms with Gasteiger partial charge in [0.15, 0.2) is 0 Å². The van der Waals surface area contributed by atoms with Gasteiger partial charge in [-0.2, -0.15) is 0 Å². The Bertz CT molecular complexity index is 344. The molecule has 0 saturated heterocycles. The number of hydrogen-bond acceptors (Lipinski definition) is 3. The predicted molar refractivity (Wildman–Crippen MR) is 67.6 cm³/mol. The number of imidazole rings is 1. The highest BCUT2D eigenvalue weighted by Crippen LogP contribution is 1.96. The van der Waals surface area contributed by atoms with Crippen molar-refractivity contribution in [2.45, 2.75) is 33.7 Å². The van der Waals surface area contributed by atoms with Crippen LogP contribution >= 0.6 is 0 Å². The number of nitrogens with one attached hydrogen (secondary N) is 2. The smallest absolute Gasteiger partial charge is 0.223 e. The molecule has 1 aromatic heterocycles. The fourth-order valence-corrected chi connectivity index (χ4v) is 1.71. The zero-order valence-corrected chi connectivity index (χ0v) is 10.9. The summed E-state index contributed by atoms with van der Waals surface area (Å²) in [5, 5.41) is 3.23. The van der Waals surface area contributed by atoms with E-state index in [9.17, 15) is 4.79 Å². The lowest BCUT2D eigenvalue weighted by molar-refractivity contribution is -0.130. The Morgan fingerprint density at radius 1 is 1.47 bits per heavy atom. The maximum atomic E-state index is 11.7. The number of carbonyl (C=O) groups is 1. The van der Waals surface area contributed by atoms with E-state index in [0.29, 0.717) is 13.0 Å². The zero-order valence-electron chi connectivity index (χ0n) is 10.9. The van der Waals surface area contributed by atoms with Crippen LogP contribution in [-0.4, -0.2) is 40.4 Å². The SMILES string of the molecule is CCN(CC)C(=O)CCNCc1cnc(C)[nH]1. The Labute approximate surface area is 103 Å². The first-order chi connectivity index (χ1) is 8.17. The van der Waals surface area contributed by atoms with Gasteiger partial charge in [0.2, 0.25) is 5.91 Å². The predicted octanol–water partition coefficient (Wildman–Crippen LogP) is 1.07. The van der Waals surface area contributed by atoms with Gasteiger partial charge in [0.1, 0.15) is 5.82 Å². The molecule has 1 heterocycles. The van der Waals surface area contributed by atoms with Crippen LogP contribution in [0.1, 0.15) is 31.8 Å². The molecule has 1 rings (SSSR count). The molecule has 2 N–H and O–H groups in total. The van der Waals surface area contributed by atoms with Crippen molar-refractivity contribution in [2.24, 2.45) is 0 Å². The number of aromatic amines is 1. The third-order valence-electron chi connectivity index (χ3n) is 2.70. The molecule has 1 amide bonds. The third-order valence-corrected chi connectivity index (χ3v) is 2.70. The summed E-state index contributed by atoms with van der Waals surface area (Å²) in [5.41, 5.74) is 1.05. The van der Waals surface area contributed by atoms with E-state index in [4.69, 9.17) is 0 Å². The molecular formula is C12H22N4O. The molecule has 0 fully saturated rings. The molecule has 0 unspecified atom stereocenters. The van der Waals surface area contributed by atoms with Crippen LogP contribution < -0.4 is 5.32 Å². The van der Waals surface area contributed by atoms with Gasteiger partial charge in [0, 0.05) is 44.5 Å². The third kappa shape index (κ3) is 4.56. The van der Waals surface area contributed by atoms with Gasteiger partial charge in [-0.1, -0.05) is 0 Å². The van der Waals surface area contributed by atoms with E-state index in [0.717, 1.165) is 31.2 Å². The van der Waals surface area contributed by atoms with Crippen molar-refractivity contribution in [3.05, 3.63) is 17.7 Å². The Morgan fingerprint density at radius 2 is 2.18 bits per heavy atom. The minimum atomic E-state index is 0.211. The molecule has 96 valence electrons. The number of rotatable bonds is 7. The van der Waals surface area contributed by atoms with Gasteiger partial charge < -0.3 is 15.2 Å².